The summed E-state index contributed by atoms with van der Waals surface area (Å²) in [6.07, 6.45) is -1.75. The van der Waals surface area contributed by atoms with Crippen molar-refractivity contribution in [3.05, 3.63) is 89.0 Å². The van der Waals surface area contributed by atoms with Crippen LogP contribution < -0.4 is 5.32 Å². The van der Waals surface area contributed by atoms with Gasteiger partial charge in [-0.25, -0.2) is 4.79 Å². The lowest BCUT2D eigenvalue weighted by Crippen LogP contribution is -2.45. The average Bonchev–Trinajstić information content (AvgIpc) is 3.49. The topological polar surface area (TPSA) is 114 Å². The minimum absolute atomic E-state index is 0.0489. The first kappa shape index (κ1) is 24.3. The Morgan fingerprint density at radius 3 is 2.35 bits per heavy atom. The molecule has 2 amide bonds. The van der Waals surface area contributed by atoms with Crippen molar-refractivity contribution in [3.8, 4) is 16.9 Å². The molecule has 190 valence electrons. The molecule has 3 aromatic carbocycles. The number of benzene rings is 3. The van der Waals surface area contributed by atoms with Gasteiger partial charge in [0.15, 0.2) is 6.23 Å². The molecule has 1 unspecified atom stereocenters. The maximum atomic E-state index is 13.1. The summed E-state index contributed by atoms with van der Waals surface area (Å²) in [5, 5.41) is 12.8. The normalized spacial score (nSPS) is 15.3. The fraction of sp³-hybridized carbons (Fsp3) is 0.250. The second-order valence-corrected chi connectivity index (χ2v) is 8.79. The summed E-state index contributed by atoms with van der Waals surface area (Å²) in [5.74, 6) is -1.43. The standard InChI is InChI=1S/C28H26N2O7/c1-35-25(33)14-30(27-26-17(15-36-27)7-6-12-23(26)31)24(32)13-29-28(34)37-16-22-20-10-4-2-8-18(20)19-9-3-5-11-21(19)22/h2-12,22,27,31H,13-16H2,1H3,(H,29,34). The Morgan fingerprint density at radius 1 is 1.00 bits per heavy atom. The van der Waals surface area contributed by atoms with Gasteiger partial charge in [0.05, 0.1) is 13.7 Å². The number of nitrogens with zero attached hydrogens (tertiary/aromatic N) is 1. The van der Waals surface area contributed by atoms with Crippen LogP contribution in [0.15, 0.2) is 66.7 Å². The van der Waals surface area contributed by atoms with Crippen molar-refractivity contribution in [1.29, 1.82) is 0 Å². The van der Waals surface area contributed by atoms with E-state index in [-0.39, 0.29) is 24.9 Å². The number of aromatic hydroxyl groups is 1. The maximum Gasteiger partial charge on any atom is 0.407 e. The van der Waals surface area contributed by atoms with E-state index in [2.05, 4.69) is 5.32 Å². The van der Waals surface area contributed by atoms with E-state index in [1.807, 2.05) is 48.5 Å². The molecule has 1 atom stereocenters. The highest BCUT2D eigenvalue weighted by atomic mass is 16.5. The predicted octanol–water partition coefficient (Wildman–Crippen LogP) is 3.46. The molecule has 9 heteroatoms. The summed E-state index contributed by atoms with van der Waals surface area (Å²) in [5.41, 5.74) is 5.49. The molecule has 2 N–H and O–H groups in total. The van der Waals surface area contributed by atoms with E-state index in [0.717, 1.165) is 27.2 Å². The van der Waals surface area contributed by atoms with E-state index in [9.17, 15) is 19.5 Å². The molecule has 37 heavy (non-hydrogen) atoms. The van der Waals surface area contributed by atoms with Crippen LogP contribution in [0.3, 0.4) is 0 Å². The van der Waals surface area contributed by atoms with Crippen molar-refractivity contribution in [2.24, 2.45) is 0 Å². The molecule has 9 nitrogen and oxygen atoms in total. The molecule has 1 aliphatic carbocycles. The lowest BCUT2D eigenvalue weighted by atomic mass is 9.98. The van der Waals surface area contributed by atoms with Crippen molar-refractivity contribution >= 4 is 18.0 Å². The number of carbonyl (C=O) groups excluding carboxylic acids is 3. The highest BCUT2D eigenvalue weighted by Gasteiger charge is 2.36. The summed E-state index contributed by atoms with van der Waals surface area (Å²) in [6, 6.07) is 20.9. The molecule has 2 aliphatic rings. The number of phenols is 1. The van der Waals surface area contributed by atoms with Gasteiger partial charge in [0.2, 0.25) is 5.91 Å². The summed E-state index contributed by atoms with van der Waals surface area (Å²) in [4.78, 5) is 38.8. The van der Waals surface area contributed by atoms with Crippen LogP contribution in [-0.4, -0.2) is 54.8 Å². The van der Waals surface area contributed by atoms with Gasteiger partial charge < -0.3 is 24.6 Å². The maximum absolute atomic E-state index is 13.1. The van der Waals surface area contributed by atoms with E-state index < -0.39 is 37.3 Å². The Morgan fingerprint density at radius 2 is 1.68 bits per heavy atom. The van der Waals surface area contributed by atoms with Crippen LogP contribution in [-0.2, 0) is 30.4 Å². The molecule has 0 saturated carbocycles. The average molecular weight is 503 g/mol. The van der Waals surface area contributed by atoms with E-state index in [0.29, 0.717) is 11.1 Å². The first-order valence-electron chi connectivity index (χ1n) is 11.9. The summed E-state index contributed by atoms with van der Waals surface area (Å²) in [6.45, 7) is -0.581. The molecule has 0 spiro atoms. The highest BCUT2D eigenvalue weighted by Crippen LogP contribution is 2.44. The summed E-state index contributed by atoms with van der Waals surface area (Å²) < 4.78 is 15.9. The van der Waals surface area contributed by atoms with E-state index >= 15 is 0 Å². The van der Waals surface area contributed by atoms with Crippen LogP contribution in [0.4, 0.5) is 4.79 Å². The number of hydrogen-bond acceptors (Lipinski definition) is 7. The van der Waals surface area contributed by atoms with E-state index in [4.69, 9.17) is 14.2 Å². The lowest BCUT2D eigenvalue weighted by molar-refractivity contribution is -0.157. The Bertz CT molecular complexity index is 1310. The van der Waals surface area contributed by atoms with E-state index in [1.165, 1.54) is 13.2 Å². The minimum atomic E-state index is -0.993. The van der Waals surface area contributed by atoms with Crippen molar-refractivity contribution < 1.29 is 33.7 Å². The molecule has 0 fully saturated rings. The van der Waals surface area contributed by atoms with Crippen LogP contribution in [0.2, 0.25) is 0 Å². The predicted molar refractivity (Wildman–Crippen MR) is 132 cm³/mol. The lowest BCUT2D eigenvalue weighted by Gasteiger charge is -2.28. The van der Waals surface area contributed by atoms with Gasteiger partial charge in [-0.3, -0.25) is 14.5 Å². The van der Waals surface area contributed by atoms with Gasteiger partial charge in [0.1, 0.15) is 25.4 Å². The number of carbonyl (C=O) groups is 3. The third-order valence-electron chi connectivity index (χ3n) is 6.68. The van der Waals surface area contributed by atoms with Crippen molar-refractivity contribution in [1.82, 2.24) is 10.2 Å². The SMILES string of the molecule is COC(=O)CN(C(=O)CNC(=O)OCC1c2ccccc2-c2ccccc21)C1OCc2cccc(O)c21. The molecule has 1 heterocycles. The number of ether oxygens (including phenoxy) is 3. The second-order valence-electron chi connectivity index (χ2n) is 8.79. The zero-order valence-electron chi connectivity index (χ0n) is 20.2. The third kappa shape index (κ3) is 4.73. The molecular formula is C28H26N2O7. The molecular weight excluding hydrogens is 476 g/mol. The third-order valence-corrected chi connectivity index (χ3v) is 6.68. The Labute approximate surface area is 213 Å². The molecule has 0 radical (unpaired) electrons. The Balaban J connectivity index is 1.24. The highest BCUT2D eigenvalue weighted by molar-refractivity contribution is 5.86. The van der Waals surface area contributed by atoms with Crippen molar-refractivity contribution in [2.45, 2.75) is 18.8 Å². The number of hydrogen-bond donors (Lipinski definition) is 2. The molecule has 0 saturated heterocycles. The number of methoxy groups -OCH3 is 1. The fourth-order valence-electron chi connectivity index (χ4n) is 4.91. The van der Waals surface area contributed by atoms with Gasteiger partial charge in [0.25, 0.3) is 0 Å². The molecule has 0 bridgehead atoms. The quantitative estimate of drug-likeness (QED) is 0.476. The fourth-order valence-corrected chi connectivity index (χ4v) is 4.91. The largest absolute Gasteiger partial charge is 0.507 e. The Hall–Kier alpha value is -4.37. The molecule has 3 aromatic rings. The smallest absolute Gasteiger partial charge is 0.407 e. The van der Waals surface area contributed by atoms with Crippen LogP contribution in [0, 0.1) is 0 Å². The number of rotatable bonds is 7. The monoisotopic (exact) mass is 502 g/mol. The molecule has 0 aromatic heterocycles. The number of fused-ring (bicyclic) bond motifs is 4. The van der Waals surface area contributed by atoms with Gasteiger partial charge in [0, 0.05) is 11.5 Å². The van der Waals surface area contributed by atoms with Gasteiger partial charge in [-0.1, -0.05) is 60.7 Å². The molecule has 1 aliphatic heterocycles. The minimum Gasteiger partial charge on any atom is -0.507 e. The zero-order chi connectivity index (χ0) is 25.9. The first-order valence-corrected chi connectivity index (χ1v) is 11.9. The van der Waals surface area contributed by atoms with Gasteiger partial charge in [-0.05, 0) is 33.9 Å². The van der Waals surface area contributed by atoms with Gasteiger partial charge >= 0.3 is 12.1 Å². The number of phenolic OH excluding ortho intramolecular Hbond substituents is 1. The summed E-state index contributed by atoms with van der Waals surface area (Å²) >= 11 is 0. The van der Waals surface area contributed by atoms with Crippen LogP contribution in [0.25, 0.3) is 11.1 Å². The van der Waals surface area contributed by atoms with Gasteiger partial charge in [-0.2, -0.15) is 0 Å². The van der Waals surface area contributed by atoms with Gasteiger partial charge in [-0.15, -0.1) is 0 Å². The van der Waals surface area contributed by atoms with Crippen LogP contribution in [0.5, 0.6) is 5.75 Å². The number of esters is 1. The van der Waals surface area contributed by atoms with Crippen molar-refractivity contribution in [3.63, 3.8) is 0 Å². The zero-order valence-corrected chi connectivity index (χ0v) is 20.2. The van der Waals surface area contributed by atoms with E-state index in [1.54, 1.807) is 12.1 Å². The molecule has 5 rings (SSSR count). The number of alkyl carbamates (subject to hydrolysis) is 1. The second kappa shape index (κ2) is 10.3. The number of nitrogens with one attached hydrogen (secondary N) is 1. The first-order chi connectivity index (χ1) is 18.0. The van der Waals surface area contributed by atoms with Crippen LogP contribution in [0.1, 0.15) is 34.4 Å². The van der Waals surface area contributed by atoms with Crippen LogP contribution >= 0.6 is 0 Å². The summed E-state index contributed by atoms with van der Waals surface area (Å²) in [7, 11) is 1.21. The number of amides is 2. The van der Waals surface area contributed by atoms with Crippen molar-refractivity contribution in [2.75, 3.05) is 26.8 Å². The Kier molecular flexibility index (Phi) is 6.78.